The van der Waals surface area contributed by atoms with Crippen LogP contribution in [0.2, 0.25) is 0 Å². The van der Waals surface area contributed by atoms with Crippen LogP contribution in [0.4, 0.5) is 14.9 Å². The summed E-state index contributed by atoms with van der Waals surface area (Å²) in [6, 6.07) is 9.31. The number of carbonyl (C=O) groups is 1. The van der Waals surface area contributed by atoms with E-state index >= 15 is 0 Å². The highest BCUT2D eigenvalue weighted by Gasteiger charge is 2.32. The number of anilines is 1. The molecule has 7 heteroatoms. The molecule has 2 amide bonds. The van der Waals surface area contributed by atoms with E-state index in [2.05, 4.69) is 5.32 Å². The van der Waals surface area contributed by atoms with Crippen molar-refractivity contribution in [2.75, 3.05) is 32.7 Å². The van der Waals surface area contributed by atoms with Crippen LogP contribution >= 0.6 is 0 Å². The van der Waals surface area contributed by atoms with Crippen LogP contribution in [0.1, 0.15) is 31.4 Å². The molecular weight excluding hydrogens is 363 g/mol. The number of halogens is 1. The Morgan fingerprint density at radius 1 is 1.18 bits per heavy atom. The zero-order valence-corrected chi connectivity index (χ0v) is 16.3. The van der Waals surface area contributed by atoms with Crippen LogP contribution in [0.15, 0.2) is 36.4 Å². The largest absolute Gasteiger partial charge is 0.497 e. The lowest BCUT2D eigenvalue weighted by Crippen LogP contribution is -2.34. The number of nitrogens with one attached hydrogen (secondary N) is 1. The Labute approximate surface area is 164 Å². The van der Waals surface area contributed by atoms with Crippen molar-refractivity contribution in [3.8, 4) is 17.2 Å². The van der Waals surface area contributed by atoms with Gasteiger partial charge in [0.05, 0.1) is 32.6 Å². The first-order valence-electron chi connectivity index (χ1n) is 9.29. The Morgan fingerprint density at radius 3 is 2.71 bits per heavy atom. The molecule has 1 fully saturated rings. The number of amides is 2. The van der Waals surface area contributed by atoms with Gasteiger partial charge in [-0.3, -0.25) is 0 Å². The van der Waals surface area contributed by atoms with Gasteiger partial charge in [-0.15, -0.1) is 0 Å². The van der Waals surface area contributed by atoms with Gasteiger partial charge < -0.3 is 24.4 Å². The van der Waals surface area contributed by atoms with Crippen molar-refractivity contribution in [2.24, 2.45) is 0 Å². The lowest BCUT2D eigenvalue weighted by atomic mass is 10.0. The molecule has 150 valence electrons. The number of likely N-dealkylation sites (tertiary alicyclic amines) is 1. The van der Waals surface area contributed by atoms with Gasteiger partial charge in [0, 0.05) is 24.2 Å². The maximum Gasteiger partial charge on any atom is 0.322 e. The quantitative estimate of drug-likeness (QED) is 0.785. The number of methoxy groups -OCH3 is 2. The van der Waals surface area contributed by atoms with E-state index in [9.17, 15) is 9.18 Å². The highest BCUT2D eigenvalue weighted by molar-refractivity contribution is 5.91. The van der Waals surface area contributed by atoms with Crippen molar-refractivity contribution in [3.63, 3.8) is 0 Å². The minimum atomic E-state index is -0.413. The zero-order valence-electron chi connectivity index (χ0n) is 16.3. The number of nitrogens with zero attached hydrogens (tertiary/aromatic N) is 1. The first kappa shape index (κ1) is 19.8. The minimum absolute atomic E-state index is 0.114. The standard InChI is InChI=1S/C21H25FN2O4/c1-4-28-20-12-14(22)7-10-17(20)23-21(25)24-11-5-6-18(24)16-9-8-15(26-2)13-19(16)27-3/h7-10,12-13,18H,4-6,11H2,1-3H3,(H,23,25). The first-order chi connectivity index (χ1) is 13.6. The van der Waals surface area contributed by atoms with Crippen LogP contribution < -0.4 is 19.5 Å². The average molecular weight is 388 g/mol. The molecular formula is C21H25FN2O4. The van der Waals surface area contributed by atoms with E-state index in [1.54, 1.807) is 19.1 Å². The Balaban J connectivity index is 1.83. The number of hydrogen-bond donors (Lipinski definition) is 1. The molecule has 2 aromatic rings. The molecule has 0 saturated carbocycles. The van der Waals surface area contributed by atoms with Crippen molar-refractivity contribution in [2.45, 2.75) is 25.8 Å². The summed E-state index contributed by atoms with van der Waals surface area (Å²) in [5, 5.41) is 2.85. The maximum absolute atomic E-state index is 13.5. The van der Waals surface area contributed by atoms with Gasteiger partial charge in [0.2, 0.25) is 0 Å². The average Bonchev–Trinajstić information content (AvgIpc) is 3.19. The Bertz CT molecular complexity index is 843. The molecule has 1 heterocycles. The van der Waals surface area contributed by atoms with E-state index in [1.807, 2.05) is 25.1 Å². The van der Waals surface area contributed by atoms with Crippen LogP contribution in [0.5, 0.6) is 17.2 Å². The highest BCUT2D eigenvalue weighted by atomic mass is 19.1. The predicted molar refractivity (Wildman–Crippen MR) is 105 cm³/mol. The normalized spacial score (nSPS) is 16.0. The third-order valence-electron chi connectivity index (χ3n) is 4.80. The number of hydrogen-bond acceptors (Lipinski definition) is 4. The van der Waals surface area contributed by atoms with Gasteiger partial charge in [-0.25, -0.2) is 9.18 Å². The number of ether oxygens (including phenoxy) is 3. The Kier molecular flexibility index (Phi) is 6.23. The third kappa shape index (κ3) is 4.13. The molecule has 1 aliphatic heterocycles. The zero-order chi connectivity index (χ0) is 20.1. The third-order valence-corrected chi connectivity index (χ3v) is 4.80. The van der Waals surface area contributed by atoms with Crippen LogP contribution in [0, 0.1) is 5.82 Å². The van der Waals surface area contributed by atoms with E-state index in [-0.39, 0.29) is 12.1 Å². The van der Waals surface area contributed by atoms with Gasteiger partial charge in [0.25, 0.3) is 0 Å². The SMILES string of the molecule is CCOc1cc(F)ccc1NC(=O)N1CCCC1c1ccc(OC)cc1OC. The fourth-order valence-corrected chi connectivity index (χ4v) is 3.49. The van der Waals surface area contributed by atoms with Crippen LogP contribution in [-0.2, 0) is 0 Å². The fourth-order valence-electron chi connectivity index (χ4n) is 3.49. The molecule has 0 bridgehead atoms. The molecule has 28 heavy (non-hydrogen) atoms. The molecule has 0 aromatic heterocycles. The molecule has 0 radical (unpaired) electrons. The summed E-state index contributed by atoms with van der Waals surface area (Å²) in [6.07, 6.45) is 1.72. The monoisotopic (exact) mass is 388 g/mol. The summed E-state index contributed by atoms with van der Waals surface area (Å²) in [6.45, 7) is 2.81. The predicted octanol–water partition coefficient (Wildman–Crippen LogP) is 4.61. The number of carbonyl (C=O) groups excluding carboxylic acids is 1. The highest BCUT2D eigenvalue weighted by Crippen LogP contribution is 2.39. The molecule has 1 unspecified atom stereocenters. The summed E-state index contributed by atoms with van der Waals surface area (Å²) in [4.78, 5) is 14.7. The van der Waals surface area contributed by atoms with Crippen molar-refractivity contribution >= 4 is 11.7 Å². The smallest absolute Gasteiger partial charge is 0.322 e. The molecule has 0 aliphatic carbocycles. The number of rotatable bonds is 6. The van der Waals surface area contributed by atoms with Crippen molar-refractivity contribution in [1.82, 2.24) is 4.90 Å². The second-order valence-corrected chi connectivity index (χ2v) is 6.46. The van der Waals surface area contributed by atoms with Gasteiger partial charge in [0.1, 0.15) is 23.1 Å². The van der Waals surface area contributed by atoms with Gasteiger partial charge >= 0.3 is 6.03 Å². The van der Waals surface area contributed by atoms with E-state index in [0.29, 0.717) is 36.1 Å². The topological polar surface area (TPSA) is 60.0 Å². The van der Waals surface area contributed by atoms with Crippen molar-refractivity contribution < 1.29 is 23.4 Å². The summed E-state index contributed by atoms with van der Waals surface area (Å²) in [5.74, 6) is 1.28. The molecule has 0 spiro atoms. The molecule has 1 atom stereocenters. The lowest BCUT2D eigenvalue weighted by molar-refractivity contribution is 0.206. The maximum atomic E-state index is 13.5. The molecule has 1 saturated heterocycles. The van der Waals surface area contributed by atoms with Crippen LogP contribution in [0.25, 0.3) is 0 Å². The van der Waals surface area contributed by atoms with E-state index in [1.165, 1.54) is 18.2 Å². The minimum Gasteiger partial charge on any atom is -0.497 e. The summed E-state index contributed by atoms with van der Waals surface area (Å²) in [7, 11) is 3.20. The number of urea groups is 1. The second kappa shape index (κ2) is 8.82. The van der Waals surface area contributed by atoms with E-state index < -0.39 is 5.82 Å². The molecule has 1 N–H and O–H groups in total. The van der Waals surface area contributed by atoms with Gasteiger partial charge in [-0.1, -0.05) is 0 Å². The van der Waals surface area contributed by atoms with Gasteiger partial charge in [0.15, 0.2) is 0 Å². The van der Waals surface area contributed by atoms with E-state index in [0.717, 1.165) is 18.4 Å². The van der Waals surface area contributed by atoms with E-state index in [4.69, 9.17) is 14.2 Å². The van der Waals surface area contributed by atoms with Crippen LogP contribution in [-0.4, -0.2) is 38.3 Å². The van der Waals surface area contributed by atoms with Crippen LogP contribution in [0.3, 0.4) is 0 Å². The summed E-state index contributed by atoms with van der Waals surface area (Å²) < 4.78 is 29.7. The molecule has 6 nitrogen and oxygen atoms in total. The Hall–Kier alpha value is -2.96. The lowest BCUT2D eigenvalue weighted by Gasteiger charge is -2.27. The van der Waals surface area contributed by atoms with Gasteiger partial charge in [-0.05, 0) is 44.0 Å². The molecule has 2 aromatic carbocycles. The van der Waals surface area contributed by atoms with Crippen molar-refractivity contribution in [1.29, 1.82) is 0 Å². The Morgan fingerprint density at radius 2 is 2.00 bits per heavy atom. The first-order valence-corrected chi connectivity index (χ1v) is 9.29. The summed E-state index contributed by atoms with van der Waals surface area (Å²) >= 11 is 0. The fraction of sp³-hybridized carbons (Fsp3) is 0.381. The second-order valence-electron chi connectivity index (χ2n) is 6.46. The molecule has 3 rings (SSSR count). The summed E-state index contributed by atoms with van der Waals surface area (Å²) in [5.41, 5.74) is 1.38. The van der Waals surface area contributed by atoms with Gasteiger partial charge in [-0.2, -0.15) is 0 Å². The van der Waals surface area contributed by atoms with Crippen molar-refractivity contribution in [3.05, 3.63) is 47.8 Å². The molecule has 1 aliphatic rings. The number of benzene rings is 2.